The van der Waals surface area contributed by atoms with Crippen LogP contribution in [0.2, 0.25) is 0 Å². The molecule has 24 heavy (non-hydrogen) atoms. The first-order valence-electron chi connectivity index (χ1n) is 8.42. The number of carbonyl (C=O) groups excluding carboxylic acids is 1. The topological polar surface area (TPSA) is 49.6 Å². The Labute approximate surface area is 157 Å². The van der Waals surface area contributed by atoms with Crippen LogP contribution in [-0.2, 0) is 4.79 Å². The highest BCUT2D eigenvalue weighted by atomic mass is 35.5. The second-order valence-electron chi connectivity index (χ2n) is 6.80. The van der Waals surface area contributed by atoms with Crippen molar-refractivity contribution in [1.29, 1.82) is 0 Å². The summed E-state index contributed by atoms with van der Waals surface area (Å²) < 4.78 is 0. The molecule has 1 saturated heterocycles. The van der Waals surface area contributed by atoms with Crippen LogP contribution in [0, 0.1) is 19.8 Å². The molecule has 1 aromatic carbocycles. The Hall–Kier alpha value is -0.970. The van der Waals surface area contributed by atoms with Crippen molar-refractivity contribution >= 4 is 36.4 Å². The Morgan fingerprint density at radius 1 is 1.08 bits per heavy atom. The van der Waals surface area contributed by atoms with E-state index in [-0.39, 0.29) is 36.8 Å². The van der Waals surface area contributed by atoms with E-state index in [4.69, 9.17) is 5.73 Å². The summed E-state index contributed by atoms with van der Waals surface area (Å²) >= 11 is 0. The van der Waals surface area contributed by atoms with Gasteiger partial charge in [0.05, 0.1) is 0 Å². The molecule has 0 radical (unpaired) electrons. The molecule has 2 fully saturated rings. The Morgan fingerprint density at radius 3 is 2.33 bits per heavy atom. The quantitative estimate of drug-likeness (QED) is 0.866. The van der Waals surface area contributed by atoms with Crippen molar-refractivity contribution in [2.45, 2.75) is 39.2 Å². The molecule has 1 saturated carbocycles. The molecular formula is C18H29Cl2N3O. The maximum atomic E-state index is 12.6. The van der Waals surface area contributed by atoms with E-state index in [0.29, 0.717) is 5.91 Å². The van der Waals surface area contributed by atoms with Gasteiger partial charge in [0.25, 0.3) is 0 Å². The van der Waals surface area contributed by atoms with Gasteiger partial charge in [-0.25, -0.2) is 0 Å². The van der Waals surface area contributed by atoms with Gasteiger partial charge in [-0.15, -0.1) is 24.8 Å². The smallest absolute Gasteiger partial charge is 0.225 e. The monoisotopic (exact) mass is 373 g/mol. The first-order valence-corrected chi connectivity index (χ1v) is 8.42. The zero-order chi connectivity index (χ0) is 15.7. The lowest BCUT2D eigenvalue weighted by atomic mass is 10.0. The van der Waals surface area contributed by atoms with Gasteiger partial charge in [0.2, 0.25) is 5.91 Å². The number of nitrogens with zero attached hydrogens (tertiary/aromatic N) is 2. The lowest BCUT2D eigenvalue weighted by molar-refractivity contribution is -0.135. The average Bonchev–Trinajstić information content (AvgIpc) is 2.96. The molecule has 2 aliphatic rings. The number of nitrogens with two attached hydrogens (primary N) is 1. The molecule has 6 heteroatoms. The van der Waals surface area contributed by atoms with Crippen molar-refractivity contribution in [1.82, 2.24) is 4.90 Å². The summed E-state index contributed by atoms with van der Waals surface area (Å²) in [5.74, 6) is 0.496. The number of hydrogen-bond donors (Lipinski definition) is 1. The van der Waals surface area contributed by atoms with E-state index in [1.807, 2.05) is 4.90 Å². The second-order valence-corrected chi connectivity index (χ2v) is 6.80. The van der Waals surface area contributed by atoms with Crippen LogP contribution in [0.5, 0.6) is 0 Å². The van der Waals surface area contributed by atoms with Crippen LogP contribution in [-0.4, -0.2) is 43.0 Å². The molecule has 4 nitrogen and oxygen atoms in total. The third-order valence-electron chi connectivity index (χ3n) is 5.33. The number of carbonyl (C=O) groups is 1. The fourth-order valence-corrected chi connectivity index (χ4v) is 3.74. The molecule has 0 spiro atoms. The molecule has 2 atom stereocenters. The zero-order valence-electron chi connectivity index (χ0n) is 14.5. The first kappa shape index (κ1) is 21.1. The van der Waals surface area contributed by atoms with Gasteiger partial charge in [0.1, 0.15) is 0 Å². The van der Waals surface area contributed by atoms with Gasteiger partial charge in [0.15, 0.2) is 0 Å². The fraction of sp³-hybridized carbons (Fsp3) is 0.611. The summed E-state index contributed by atoms with van der Waals surface area (Å²) in [6, 6.07) is 6.69. The van der Waals surface area contributed by atoms with Gasteiger partial charge < -0.3 is 15.5 Å². The average molecular weight is 374 g/mol. The van der Waals surface area contributed by atoms with Crippen molar-refractivity contribution < 1.29 is 4.79 Å². The minimum atomic E-state index is 0. The SMILES string of the molecule is Cc1cccc(N2CCN(C(=O)C3CCC(N)C3)CC2)c1C.Cl.Cl. The number of anilines is 1. The van der Waals surface area contributed by atoms with E-state index in [1.165, 1.54) is 16.8 Å². The zero-order valence-corrected chi connectivity index (χ0v) is 16.2. The van der Waals surface area contributed by atoms with Gasteiger partial charge in [0, 0.05) is 43.8 Å². The summed E-state index contributed by atoms with van der Waals surface area (Å²) in [5.41, 5.74) is 9.94. The van der Waals surface area contributed by atoms with Crippen molar-refractivity contribution in [2.75, 3.05) is 31.1 Å². The van der Waals surface area contributed by atoms with E-state index in [0.717, 1.165) is 45.4 Å². The first-order chi connectivity index (χ1) is 10.6. The van der Waals surface area contributed by atoms with Crippen LogP contribution in [0.25, 0.3) is 0 Å². The minimum Gasteiger partial charge on any atom is -0.368 e. The number of amides is 1. The molecular weight excluding hydrogens is 345 g/mol. The molecule has 2 unspecified atom stereocenters. The maximum absolute atomic E-state index is 12.6. The molecule has 1 amide bonds. The van der Waals surface area contributed by atoms with Gasteiger partial charge >= 0.3 is 0 Å². The number of rotatable bonds is 2. The lowest BCUT2D eigenvalue weighted by Crippen LogP contribution is -2.50. The molecule has 0 aromatic heterocycles. The van der Waals surface area contributed by atoms with E-state index < -0.39 is 0 Å². The Bertz CT molecular complexity index is 559. The highest BCUT2D eigenvalue weighted by Crippen LogP contribution is 2.28. The summed E-state index contributed by atoms with van der Waals surface area (Å²) in [6.45, 7) is 7.85. The number of halogens is 2. The molecule has 1 aromatic rings. The van der Waals surface area contributed by atoms with Crippen LogP contribution >= 0.6 is 24.8 Å². The molecule has 2 N–H and O–H groups in total. The standard InChI is InChI=1S/C18H27N3O.2ClH/c1-13-4-3-5-17(14(13)2)20-8-10-21(11-9-20)18(22)15-6-7-16(19)12-15;;/h3-5,15-16H,6-12,19H2,1-2H3;2*1H. The maximum Gasteiger partial charge on any atom is 0.225 e. The molecule has 0 bridgehead atoms. The Morgan fingerprint density at radius 2 is 1.75 bits per heavy atom. The molecule has 1 aliphatic heterocycles. The highest BCUT2D eigenvalue weighted by Gasteiger charge is 2.32. The van der Waals surface area contributed by atoms with Crippen LogP contribution < -0.4 is 10.6 Å². The van der Waals surface area contributed by atoms with Gasteiger partial charge in [-0.05, 0) is 50.3 Å². The Kier molecular flexibility index (Phi) is 7.84. The molecule has 1 heterocycles. The van der Waals surface area contributed by atoms with Gasteiger partial charge in [-0.2, -0.15) is 0 Å². The van der Waals surface area contributed by atoms with Crippen molar-refractivity contribution in [3.63, 3.8) is 0 Å². The Balaban J connectivity index is 0.00000144. The van der Waals surface area contributed by atoms with Crippen molar-refractivity contribution in [3.8, 4) is 0 Å². The number of piperazine rings is 1. The summed E-state index contributed by atoms with van der Waals surface area (Å²) in [6.07, 6.45) is 2.84. The predicted molar refractivity (Wildman–Crippen MR) is 105 cm³/mol. The van der Waals surface area contributed by atoms with E-state index in [2.05, 4.69) is 36.9 Å². The van der Waals surface area contributed by atoms with Crippen LogP contribution in [0.3, 0.4) is 0 Å². The van der Waals surface area contributed by atoms with Crippen molar-refractivity contribution in [2.24, 2.45) is 11.7 Å². The lowest BCUT2D eigenvalue weighted by Gasteiger charge is -2.38. The van der Waals surface area contributed by atoms with Crippen LogP contribution in [0.15, 0.2) is 18.2 Å². The van der Waals surface area contributed by atoms with Gasteiger partial charge in [-0.3, -0.25) is 4.79 Å². The molecule has 136 valence electrons. The summed E-state index contributed by atoms with van der Waals surface area (Å²) in [7, 11) is 0. The van der Waals surface area contributed by atoms with E-state index >= 15 is 0 Å². The van der Waals surface area contributed by atoms with Crippen molar-refractivity contribution in [3.05, 3.63) is 29.3 Å². The third-order valence-corrected chi connectivity index (χ3v) is 5.33. The molecule has 3 rings (SSSR count). The minimum absolute atomic E-state index is 0. The summed E-state index contributed by atoms with van der Waals surface area (Å²) in [5, 5.41) is 0. The predicted octanol–water partition coefficient (Wildman–Crippen LogP) is 2.92. The van der Waals surface area contributed by atoms with Gasteiger partial charge in [-0.1, -0.05) is 12.1 Å². The fourth-order valence-electron chi connectivity index (χ4n) is 3.74. The van der Waals surface area contributed by atoms with E-state index in [9.17, 15) is 4.79 Å². The number of benzene rings is 1. The third kappa shape index (κ3) is 4.35. The van der Waals surface area contributed by atoms with Crippen LogP contribution in [0.1, 0.15) is 30.4 Å². The highest BCUT2D eigenvalue weighted by molar-refractivity contribution is 5.85. The number of hydrogen-bond acceptors (Lipinski definition) is 3. The largest absolute Gasteiger partial charge is 0.368 e. The summed E-state index contributed by atoms with van der Waals surface area (Å²) in [4.78, 5) is 17.0. The normalized spacial score (nSPS) is 23.5. The second kappa shape index (κ2) is 8.93. The number of aryl methyl sites for hydroxylation is 1. The molecule has 1 aliphatic carbocycles. The van der Waals surface area contributed by atoms with Crippen LogP contribution in [0.4, 0.5) is 5.69 Å². The van der Waals surface area contributed by atoms with E-state index in [1.54, 1.807) is 0 Å².